The molecule has 1 aliphatic heterocycles. The molecule has 0 bridgehead atoms. The van der Waals surface area contributed by atoms with Gasteiger partial charge in [-0.15, -0.1) is 0 Å². The van der Waals surface area contributed by atoms with Crippen LogP contribution in [0.15, 0.2) is 23.1 Å². The topological polar surface area (TPSA) is 74.7 Å². The summed E-state index contributed by atoms with van der Waals surface area (Å²) in [5.41, 5.74) is 0.595. The highest BCUT2D eigenvalue weighted by molar-refractivity contribution is 7.89. The number of benzene rings is 1. The van der Waals surface area contributed by atoms with Gasteiger partial charge in [-0.25, -0.2) is 8.42 Å². The van der Waals surface area contributed by atoms with E-state index < -0.39 is 21.9 Å². The van der Waals surface area contributed by atoms with Crippen LogP contribution in [0.25, 0.3) is 0 Å². The molecule has 0 aliphatic carbocycles. The van der Waals surface area contributed by atoms with Crippen molar-refractivity contribution < 1.29 is 18.3 Å². The van der Waals surface area contributed by atoms with Gasteiger partial charge in [0.2, 0.25) is 10.0 Å². The Kier molecular flexibility index (Phi) is 4.36. The van der Waals surface area contributed by atoms with E-state index in [9.17, 15) is 13.2 Å². The minimum Gasteiger partial charge on any atom is -0.481 e. The molecule has 20 heavy (non-hydrogen) atoms. The summed E-state index contributed by atoms with van der Waals surface area (Å²) in [4.78, 5) is 11.1. The minimum atomic E-state index is -3.58. The summed E-state index contributed by atoms with van der Waals surface area (Å²) in [6.07, 6.45) is 0.697. The lowest BCUT2D eigenvalue weighted by molar-refractivity contribution is -0.142. The number of sulfonamides is 1. The molecule has 1 aromatic carbocycles. The summed E-state index contributed by atoms with van der Waals surface area (Å²) >= 11 is 5.83. The number of carboxylic acids is 1. The fourth-order valence-corrected chi connectivity index (χ4v) is 4.29. The average molecular weight is 318 g/mol. The largest absolute Gasteiger partial charge is 0.481 e. The highest BCUT2D eigenvalue weighted by Gasteiger charge is 2.32. The normalized spacial score (nSPS) is 18.1. The Hall–Kier alpha value is -1.11. The Morgan fingerprint density at radius 2 is 1.95 bits per heavy atom. The molecule has 1 aliphatic rings. The van der Waals surface area contributed by atoms with Crippen LogP contribution < -0.4 is 0 Å². The standard InChI is InChI=1S/C13H16ClNO4S/c1-9-8-11(14)2-3-12(9)20(18,19)15-6-4-10(5-7-15)13(16)17/h2-3,8,10H,4-7H2,1H3,(H,16,17). The number of hydrogen-bond acceptors (Lipinski definition) is 3. The molecular weight excluding hydrogens is 302 g/mol. The summed E-state index contributed by atoms with van der Waals surface area (Å²) in [6.45, 7) is 2.17. The van der Waals surface area contributed by atoms with Crippen LogP contribution >= 0.6 is 11.6 Å². The number of aliphatic carboxylic acids is 1. The van der Waals surface area contributed by atoms with Gasteiger partial charge in [-0.05, 0) is 43.5 Å². The van der Waals surface area contributed by atoms with Crippen molar-refractivity contribution in [2.24, 2.45) is 5.92 Å². The molecule has 0 aromatic heterocycles. The highest BCUT2D eigenvalue weighted by atomic mass is 35.5. The van der Waals surface area contributed by atoms with Crippen LogP contribution in [-0.2, 0) is 14.8 Å². The number of carbonyl (C=O) groups is 1. The van der Waals surface area contributed by atoms with Crippen molar-refractivity contribution >= 4 is 27.6 Å². The Labute approximate surface area is 123 Å². The number of carboxylic acid groups (broad SMARTS) is 1. The summed E-state index contributed by atoms with van der Waals surface area (Å²) in [6, 6.07) is 4.65. The van der Waals surface area contributed by atoms with Crippen molar-refractivity contribution in [3.05, 3.63) is 28.8 Å². The fraction of sp³-hybridized carbons (Fsp3) is 0.462. The minimum absolute atomic E-state index is 0.232. The summed E-state index contributed by atoms with van der Waals surface area (Å²) in [7, 11) is -3.58. The van der Waals surface area contributed by atoms with Gasteiger partial charge in [0.05, 0.1) is 10.8 Å². The van der Waals surface area contributed by atoms with Crippen LogP contribution in [0.3, 0.4) is 0 Å². The van der Waals surface area contributed by atoms with Crippen LogP contribution in [0.2, 0.25) is 5.02 Å². The van der Waals surface area contributed by atoms with Crippen molar-refractivity contribution in [1.29, 1.82) is 0 Å². The van der Waals surface area contributed by atoms with E-state index in [1.165, 1.54) is 10.4 Å². The lowest BCUT2D eigenvalue weighted by Gasteiger charge is -2.29. The second-order valence-corrected chi connectivity index (χ2v) is 7.27. The van der Waals surface area contributed by atoms with Crippen molar-refractivity contribution in [2.45, 2.75) is 24.7 Å². The molecule has 0 saturated carbocycles. The van der Waals surface area contributed by atoms with Gasteiger partial charge >= 0.3 is 5.97 Å². The van der Waals surface area contributed by atoms with E-state index in [2.05, 4.69) is 0 Å². The van der Waals surface area contributed by atoms with Gasteiger partial charge in [0.15, 0.2) is 0 Å². The number of rotatable bonds is 3. The van der Waals surface area contributed by atoms with E-state index >= 15 is 0 Å². The molecule has 1 heterocycles. The van der Waals surface area contributed by atoms with Crippen molar-refractivity contribution in [2.75, 3.05) is 13.1 Å². The van der Waals surface area contributed by atoms with E-state index in [0.717, 1.165) is 0 Å². The maximum atomic E-state index is 12.5. The molecule has 0 unspecified atom stereocenters. The zero-order valence-electron chi connectivity index (χ0n) is 11.0. The molecule has 1 saturated heterocycles. The SMILES string of the molecule is Cc1cc(Cl)ccc1S(=O)(=O)N1CCC(C(=O)O)CC1. The van der Waals surface area contributed by atoms with Crippen LogP contribution in [0.5, 0.6) is 0 Å². The summed E-state index contributed by atoms with van der Waals surface area (Å²) in [5, 5.41) is 9.43. The molecule has 1 N–H and O–H groups in total. The van der Waals surface area contributed by atoms with Gasteiger partial charge in [0, 0.05) is 18.1 Å². The van der Waals surface area contributed by atoms with Crippen LogP contribution in [-0.4, -0.2) is 36.9 Å². The molecule has 7 heteroatoms. The quantitative estimate of drug-likeness (QED) is 0.926. The summed E-state index contributed by atoms with van der Waals surface area (Å²) in [5.74, 6) is -1.31. The molecule has 0 spiro atoms. The first-order valence-electron chi connectivity index (χ1n) is 6.31. The van der Waals surface area contributed by atoms with E-state index in [1.807, 2.05) is 0 Å². The maximum absolute atomic E-state index is 12.5. The van der Waals surface area contributed by atoms with Crippen molar-refractivity contribution in [3.8, 4) is 0 Å². The smallest absolute Gasteiger partial charge is 0.306 e. The molecular formula is C13H16ClNO4S. The van der Waals surface area contributed by atoms with Crippen LogP contribution in [0, 0.1) is 12.8 Å². The zero-order valence-corrected chi connectivity index (χ0v) is 12.6. The molecule has 1 fully saturated rings. The number of piperidine rings is 1. The first-order chi connectivity index (χ1) is 9.32. The monoisotopic (exact) mass is 317 g/mol. The van der Waals surface area contributed by atoms with Gasteiger partial charge < -0.3 is 5.11 Å². The molecule has 110 valence electrons. The van der Waals surface area contributed by atoms with Gasteiger partial charge in [0.1, 0.15) is 0 Å². The molecule has 1 aromatic rings. The fourth-order valence-electron chi connectivity index (χ4n) is 2.38. The van der Waals surface area contributed by atoms with E-state index in [0.29, 0.717) is 23.4 Å². The van der Waals surface area contributed by atoms with Crippen LogP contribution in [0.4, 0.5) is 0 Å². The number of halogens is 1. The number of hydrogen-bond donors (Lipinski definition) is 1. The van der Waals surface area contributed by atoms with Gasteiger partial charge in [-0.3, -0.25) is 4.79 Å². The van der Waals surface area contributed by atoms with Gasteiger partial charge in [-0.2, -0.15) is 4.31 Å². The molecule has 0 atom stereocenters. The van der Waals surface area contributed by atoms with Crippen molar-refractivity contribution in [1.82, 2.24) is 4.31 Å². The lowest BCUT2D eigenvalue weighted by atomic mass is 9.99. The number of nitrogens with zero attached hydrogens (tertiary/aromatic N) is 1. The average Bonchev–Trinajstić information content (AvgIpc) is 2.38. The Balaban J connectivity index is 2.22. The van der Waals surface area contributed by atoms with E-state index in [4.69, 9.17) is 16.7 Å². The first-order valence-corrected chi connectivity index (χ1v) is 8.13. The maximum Gasteiger partial charge on any atom is 0.306 e. The second-order valence-electron chi connectivity index (χ2n) is 4.93. The Morgan fingerprint density at radius 1 is 1.35 bits per heavy atom. The summed E-state index contributed by atoms with van der Waals surface area (Å²) < 4.78 is 26.4. The lowest BCUT2D eigenvalue weighted by Crippen LogP contribution is -2.40. The molecule has 0 radical (unpaired) electrons. The van der Waals surface area contributed by atoms with E-state index in [-0.39, 0.29) is 18.0 Å². The van der Waals surface area contributed by atoms with Crippen molar-refractivity contribution in [3.63, 3.8) is 0 Å². The Morgan fingerprint density at radius 3 is 2.45 bits per heavy atom. The highest BCUT2D eigenvalue weighted by Crippen LogP contribution is 2.27. The molecule has 0 amide bonds. The third kappa shape index (κ3) is 2.97. The third-order valence-corrected chi connectivity index (χ3v) is 5.85. The third-order valence-electron chi connectivity index (χ3n) is 3.56. The molecule has 2 rings (SSSR count). The van der Waals surface area contributed by atoms with Crippen LogP contribution in [0.1, 0.15) is 18.4 Å². The second kappa shape index (κ2) is 5.71. The van der Waals surface area contributed by atoms with Gasteiger partial charge in [-0.1, -0.05) is 11.6 Å². The zero-order chi connectivity index (χ0) is 14.9. The predicted octanol–water partition coefficient (Wildman–Crippen LogP) is 2.13. The first kappa shape index (κ1) is 15.3. The number of aryl methyl sites for hydroxylation is 1. The van der Waals surface area contributed by atoms with Gasteiger partial charge in [0.25, 0.3) is 0 Å². The Bertz CT molecular complexity index is 621. The predicted molar refractivity (Wildman–Crippen MR) is 75.3 cm³/mol. The molecule has 5 nitrogen and oxygen atoms in total. The van der Waals surface area contributed by atoms with E-state index in [1.54, 1.807) is 19.1 Å².